The van der Waals surface area contributed by atoms with Crippen LogP contribution in [0.1, 0.15) is 43.7 Å². The first-order chi connectivity index (χ1) is 13.7. The standard InChI is InChI=1S/C23H28FN3O/c24-20-9-4-7-18(15-20)21-10-5-11-22(25-21)19-8-6-12-26(16-19)17-23(28)27-13-2-1-3-14-27/h4-5,7,9-11,15,19H,1-3,6,8,12-14,16-17H2. The molecule has 5 heteroatoms. The van der Waals surface area contributed by atoms with Crippen molar-refractivity contribution in [2.45, 2.75) is 38.0 Å². The summed E-state index contributed by atoms with van der Waals surface area (Å²) in [7, 11) is 0. The highest BCUT2D eigenvalue weighted by molar-refractivity contribution is 5.78. The molecule has 2 saturated heterocycles. The number of likely N-dealkylation sites (tertiary alicyclic amines) is 2. The molecule has 1 aromatic heterocycles. The van der Waals surface area contributed by atoms with Gasteiger partial charge in [-0.3, -0.25) is 14.7 Å². The Morgan fingerprint density at radius 3 is 2.68 bits per heavy atom. The smallest absolute Gasteiger partial charge is 0.236 e. The molecule has 0 aliphatic carbocycles. The van der Waals surface area contributed by atoms with Gasteiger partial charge in [-0.2, -0.15) is 0 Å². The van der Waals surface area contributed by atoms with E-state index < -0.39 is 0 Å². The van der Waals surface area contributed by atoms with E-state index in [1.807, 2.05) is 23.1 Å². The molecule has 1 unspecified atom stereocenters. The maximum atomic E-state index is 13.6. The highest BCUT2D eigenvalue weighted by atomic mass is 19.1. The van der Waals surface area contributed by atoms with Crippen LogP contribution in [-0.2, 0) is 4.79 Å². The van der Waals surface area contributed by atoms with Crippen molar-refractivity contribution in [2.75, 3.05) is 32.7 Å². The van der Waals surface area contributed by atoms with Crippen LogP contribution in [0.3, 0.4) is 0 Å². The molecule has 2 aliphatic heterocycles. The molecule has 3 heterocycles. The van der Waals surface area contributed by atoms with E-state index in [0.717, 1.165) is 68.8 Å². The largest absolute Gasteiger partial charge is 0.342 e. The van der Waals surface area contributed by atoms with Gasteiger partial charge in [0.2, 0.25) is 5.91 Å². The number of piperidine rings is 2. The third-order valence-corrected chi connectivity index (χ3v) is 5.88. The van der Waals surface area contributed by atoms with Gasteiger partial charge >= 0.3 is 0 Å². The van der Waals surface area contributed by atoms with E-state index in [1.165, 1.54) is 18.6 Å². The molecule has 1 aromatic carbocycles. The van der Waals surface area contributed by atoms with Gasteiger partial charge in [-0.05, 0) is 62.9 Å². The lowest BCUT2D eigenvalue weighted by Crippen LogP contribution is -2.45. The summed E-state index contributed by atoms with van der Waals surface area (Å²) in [5.74, 6) is 0.336. The van der Waals surface area contributed by atoms with Crippen LogP contribution >= 0.6 is 0 Å². The average molecular weight is 381 g/mol. The second-order valence-corrected chi connectivity index (χ2v) is 7.97. The van der Waals surface area contributed by atoms with E-state index in [4.69, 9.17) is 4.98 Å². The topological polar surface area (TPSA) is 36.4 Å². The van der Waals surface area contributed by atoms with Crippen LogP contribution in [0.4, 0.5) is 4.39 Å². The maximum Gasteiger partial charge on any atom is 0.236 e. The Morgan fingerprint density at radius 2 is 1.86 bits per heavy atom. The van der Waals surface area contributed by atoms with Crippen molar-refractivity contribution < 1.29 is 9.18 Å². The maximum absolute atomic E-state index is 13.6. The second-order valence-electron chi connectivity index (χ2n) is 7.97. The van der Waals surface area contributed by atoms with Crippen molar-refractivity contribution >= 4 is 5.91 Å². The van der Waals surface area contributed by atoms with E-state index in [1.54, 1.807) is 6.07 Å². The number of carbonyl (C=O) groups excluding carboxylic acids is 1. The zero-order chi connectivity index (χ0) is 19.3. The molecule has 1 atom stereocenters. The summed E-state index contributed by atoms with van der Waals surface area (Å²) in [6.45, 7) is 4.17. The summed E-state index contributed by atoms with van der Waals surface area (Å²) in [5.41, 5.74) is 2.64. The fourth-order valence-electron chi connectivity index (χ4n) is 4.36. The average Bonchev–Trinajstić information content (AvgIpc) is 2.75. The Balaban J connectivity index is 1.43. The van der Waals surface area contributed by atoms with Crippen molar-refractivity contribution in [3.63, 3.8) is 0 Å². The summed E-state index contributed by atoms with van der Waals surface area (Å²) < 4.78 is 13.6. The minimum atomic E-state index is -0.246. The van der Waals surface area contributed by atoms with Crippen LogP contribution in [0.15, 0.2) is 42.5 Å². The van der Waals surface area contributed by atoms with Crippen LogP contribution in [0.25, 0.3) is 11.3 Å². The van der Waals surface area contributed by atoms with E-state index in [9.17, 15) is 9.18 Å². The molecule has 0 bridgehead atoms. The number of rotatable bonds is 4. The molecule has 2 fully saturated rings. The van der Waals surface area contributed by atoms with Crippen LogP contribution < -0.4 is 0 Å². The first-order valence-corrected chi connectivity index (χ1v) is 10.4. The minimum absolute atomic E-state index is 0.246. The molecule has 28 heavy (non-hydrogen) atoms. The molecule has 0 radical (unpaired) electrons. The Hall–Kier alpha value is -2.27. The molecular formula is C23H28FN3O. The van der Waals surface area contributed by atoms with Crippen LogP contribution in [0.5, 0.6) is 0 Å². The van der Waals surface area contributed by atoms with Crippen LogP contribution in [-0.4, -0.2) is 53.4 Å². The number of benzene rings is 1. The number of nitrogens with zero attached hydrogens (tertiary/aromatic N) is 3. The highest BCUT2D eigenvalue weighted by Gasteiger charge is 2.26. The minimum Gasteiger partial charge on any atom is -0.342 e. The molecule has 0 saturated carbocycles. The van der Waals surface area contributed by atoms with Crippen molar-refractivity contribution in [3.05, 3.63) is 54.0 Å². The number of aromatic nitrogens is 1. The molecule has 0 spiro atoms. The third-order valence-electron chi connectivity index (χ3n) is 5.88. The predicted octanol–water partition coefficient (Wildman–Crippen LogP) is 4.08. The molecule has 1 amide bonds. The molecular weight excluding hydrogens is 353 g/mol. The van der Waals surface area contributed by atoms with Gasteiger partial charge in [0.15, 0.2) is 0 Å². The summed E-state index contributed by atoms with van der Waals surface area (Å²) >= 11 is 0. The van der Waals surface area contributed by atoms with Gasteiger partial charge in [-0.1, -0.05) is 18.2 Å². The first kappa shape index (κ1) is 19.1. The van der Waals surface area contributed by atoms with Gasteiger partial charge in [0.05, 0.1) is 12.2 Å². The van der Waals surface area contributed by atoms with Crippen molar-refractivity contribution in [1.82, 2.24) is 14.8 Å². The molecule has 4 nitrogen and oxygen atoms in total. The van der Waals surface area contributed by atoms with Gasteiger partial charge in [-0.25, -0.2) is 4.39 Å². The molecule has 2 aliphatic rings. The van der Waals surface area contributed by atoms with E-state index >= 15 is 0 Å². The quantitative estimate of drug-likeness (QED) is 0.801. The van der Waals surface area contributed by atoms with Gasteiger partial charge in [0.1, 0.15) is 5.82 Å². The Morgan fingerprint density at radius 1 is 1.04 bits per heavy atom. The number of hydrogen-bond acceptors (Lipinski definition) is 3. The van der Waals surface area contributed by atoms with Gasteiger partial charge in [-0.15, -0.1) is 0 Å². The van der Waals surface area contributed by atoms with Gasteiger partial charge in [0, 0.05) is 36.8 Å². The van der Waals surface area contributed by atoms with Gasteiger partial charge < -0.3 is 4.90 Å². The lowest BCUT2D eigenvalue weighted by Gasteiger charge is -2.34. The van der Waals surface area contributed by atoms with Crippen molar-refractivity contribution in [3.8, 4) is 11.3 Å². The highest BCUT2D eigenvalue weighted by Crippen LogP contribution is 2.28. The molecule has 0 N–H and O–H groups in total. The van der Waals surface area contributed by atoms with Crippen LogP contribution in [0, 0.1) is 5.82 Å². The second kappa shape index (κ2) is 8.82. The van der Waals surface area contributed by atoms with E-state index in [2.05, 4.69) is 11.0 Å². The number of amides is 1. The number of hydrogen-bond donors (Lipinski definition) is 0. The Labute approximate surface area is 166 Å². The Bertz CT molecular complexity index is 819. The Kier molecular flexibility index (Phi) is 6.01. The lowest BCUT2D eigenvalue weighted by molar-refractivity contribution is -0.133. The summed E-state index contributed by atoms with van der Waals surface area (Å²) in [5, 5.41) is 0. The normalized spacial score (nSPS) is 20.9. The molecule has 2 aromatic rings. The molecule has 148 valence electrons. The molecule has 4 rings (SSSR count). The summed E-state index contributed by atoms with van der Waals surface area (Å²) in [6.07, 6.45) is 5.65. The summed E-state index contributed by atoms with van der Waals surface area (Å²) in [4.78, 5) is 21.7. The van der Waals surface area contributed by atoms with Crippen molar-refractivity contribution in [2.24, 2.45) is 0 Å². The van der Waals surface area contributed by atoms with E-state index in [0.29, 0.717) is 12.5 Å². The van der Waals surface area contributed by atoms with Crippen LogP contribution in [0.2, 0.25) is 0 Å². The first-order valence-electron chi connectivity index (χ1n) is 10.4. The zero-order valence-corrected chi connectivity index (χ0v) is 16.3. The van der Waals surface area contributed by atoms with Gasteiger partial charge in [0.25, 0.3) is 0 Å². The number of halogens is 1. The van der Waals surface area contributed by atoms with Crippen molar-refractivity contribution in [1.29, 1.82) is 0 Å². The SMILES string of the molecule is O=C(CN1CCCC(c2cccc(-c3cccc(F)c3)n2)C1)N1CCCCC1. The monoisotopic (exact) mass is 381 g/mol. The number of pyridine rings is 1. The zero-order valence-electron chi connectivity index (χ0n) is 16.3. The fraction of sp³-hybridized carbons (Fsp3) is 0.478. The lowest BCUT2D eigenvalue weighted by atomic mass is 9.93. The predicted molar refractivity (Wildman–Crippen MR) is 108 cm³/mol. The summed E-state index contributed by atoms with van der Waals surface area (Å²) in [6, 6.07) is 12.6. The fourth-order valence-corrected chi connectivity index (χ4v) is 4.36. The van der Waals surface area contributed by atoms with E-state index in [-0.39, 0.29) is 11.7 Å². The third kappa shape index (κ3) is 4.58. The number of carbonyl (C=O) groups is 1.